The van der Waals surface area contributed by atoms with Crippen LogP contribution in [-0.2, 0) is 4.74 Å². The molecule has 0 aliphatic rings. The van der Waals surface area contributed by atoms with Gasteiger partial charge in [-0.3, -0.25) is 0 Å². The molecule has 0 aliphatic carbocycles. The first kappa shape index (κ1) is 9.66. The third kappa shape index (κ3) is 3.64. The maximum absolute atomic E-state index is 9.24. The molecule has 2 heteroatoms. The molecule has 0 fully saturated rings. The van der Waals surface area contributed by atoms with Crippen LogP contribution in [0.3, 0.4) is 0 Å². The van der Waals surface area contributed by atoms with Gasteiger partial charge in [0, 0.05) is 6.61 Å². The first-order valence-corrected chi connectivity index (χ1v) is 3.64. The quantitative estimate of drug-likeness (QED) is 0.603. The molecule has 0 aromatic rings. The molecule has 0 bridgehead atoms. The number of rotatable bonds is 4. The number of hydrogen-bond donors (Lipinski definition) is 1. The van der Waals surface area contributed by atoms with E-state index in [0.717, 1.165) is 0 Å². The zero-order chi connectivity index (χ0) is 7.98. The Bertz CT molecular complexity index is 99.4. The molecule has 0 amide bonds. The lowest BCUT2D eigenvalue weighted by molar-refractivity contribution is 0.0000451. The number of ether oxygens (including phenoxy) is 1. The van der Waals surface area contributed by atoms with E-state index in [4.69, 9.17) is 4.74 Å². The molecule has 0 heterocycles. The highest BCUT2D eigenvalue weighted by Crippen LogP contribution is 1.99. The summed E-state index contributed by atoms with van der Waals surface area (Å²) in [6, 6.07) is 0. The minimum absolute atomic E-state index is 0.0961. The van der Waals surface area contributed by atoms with E-state index >= 15 is 0 Å². The second kappa shape index (κ2) is 5.45. The second-order valence-corrected chi connectivity index (χ2v) is 2.18. The fourth-order valence-electron chi connectivity index (χ4n) is 0.715. The van der Waals surface area contributed by atoms with Crippen LogP contribution in [0.5, 0.6) is 0 Å². The molecule has 0 spiro atoms. The van der Waals surface area contributed by atoms with Gasteiger partial charge in [-0.05, 0) is 20.8 Å². The molecule has 0 aliphatic heterocycles. The van der Waals surface area contributed by atoms with E-state index in [1.807, 2.05) is 26.8 Å². The van der Waals surface area contributed by atoms with Crippen molar-refractivity contribution in [2.24, 2.45) is 0 Å². The molecule has 0 saturated heterocycles. The SMILES string of the molecule is C/C=C/C(O)C(C)OCC. The summed E-state index contributed by atoms with van der Waals surface area (Å²) in [5.41, 5.74) is 0. The minimum atomic E-state index is -0.468. The summed E-state index contributed by atoms with van der Waals surface area (Å²) < 4.78 is 5.15. The predicted octanol–water partition coefficient (Wildman–Crippen LogP) is 1.35. The van der Waals surface area contributed by atoms with Crippen molar-refractivity contribution in [1.82, 2.24) is 0 Å². The van der Waals surface area contributed by atoms with Crippen molar-refractivity contribution in [3.63, 3.8) is 0 Å². The van der Waals surface area contributed by atoms with E-state index < -0.39 is 6.10 Å². The second-order valence-electron chi connectivity index (χ2n) is 2.18. The van der Waals surface area contributed by atoms with Gasteiger partial charge >= 0.3 is 0 Å². The highest BCUT2D eigenvalue weighted by atomic mass is 16.5. The summed E-state index contributed by atoms with van der Waals surface area (Å²) in [4.78, 5) is 0. The molecule has 2 atom stereocenters. The van der Waals surface area contributed by atoms with Crippen LogP contribution in [0, 0.1) is 0 Å². The fourth-order valence-corrected chi connectivity index (χ4v) is 0.715. The lowest BCUT2D eigenvalue weighted by atomic mass is 10.2. The van der Waals surface area contributed by atoms with Crippen LogP contribution in [-0.4, -0.2) is 23.9 Å². The summed E-state index contributed by atoms with van der Waals surface area (Å²) in [5, 5.41) is 9.24. The van der Waals surface area contributed by atoms with E-state index in [1.54, 1.807) is 6.08 Å². The van der Waals surface area contributed by atoms with Crippen molar-refractivity contribution in [2.45, 2.75) is 33.0 Å². The Morgan fingerprint density at radius 2 is 2.20 bits per heavy atom. The van der Waals surface area contributed by atoms with Gasteiger partial charge in [0.2, 0.25) is 0 Å². The van der Waals surface area contributed by atoms with E-state index in [2.05, 4.69) is 0 Å². The van der Waals surface area contributed by atoms with Crippen molar-refractivity contribution in [1.29, 1.82) is 0 Å². The Labute approximate surface area is 62.5 Å². The number of allylic oxidation sites excluding steroid dienone is 1. The van der Waals surface area contributed by atoms with Gasteiger partial charge in [-0.25, -0.2) is 0 Å². The molecule has 2 nitrogen and oxygen atoms in total. The minimum Gasteiger partial charge on any atom is -0.386 e. The van der Waals surface area contributed by atoms with Crippen LogP contribution in [0.4, 0.5) is 0 Å². The van der Waals surface area contributed by atoms with Crippen LogP contribution in [0.25, 0.3) is 0 Å². The van der Waals surface area contributed by atoms with Crippen molar-refractivity contribution >= 4 is 0 Å². The Morgan fingerprint density at radius 3 is 2.60 bits per heavy atom. The Morgan fingerprint density at radius 1 is 1.60 bits per heavy atom. The van der Waals surface area contributed by atoms with Gasteiger partial charge in [0.15, 0.2) is 0 Å². The van der Waals surface area contributed by atoms with Gasteiger partial charge in [0.1, 0.15) is 0 Å². The zero-order valence-corrected chi connectivity index (χ0v) is 6.87. The van der Waals surface area contributed by atoms with Crippen LogP contribution in [0.2, 0.25) is 0 Å². The van der Waals surface area contributed by atoms with Gasteiger partial charge in [-0.15, -0.1) is 0 Å². The molecular formula is C8H16O2. The lowest BCUT2D eigenvalue weighted by Gasteiger charge is -2.14. The summed E-state index contributed by atoms with van der Waals surface area (Å²) in [6.07, 6.45) is 2.98. The summed E-state index contributed by atoms with van der Waals surface area (Å²) in [7, 11) is 0. The molecule has 1 N–H and O–H groups in total. The molecule has 0 radical (unpaired) electrons. The average molecular weight is 144 g/mol. The summed E-state index contributed by atoms with van der Waals surface area (Å²) >= 11 is 0. The Balaban J connectivity index is 3.58. The van der Waals surface area contributed by atoms with E-state index in [0.29, 0.717) is 6.61 Å². The number of aliphatic hydroxyl groups is 1. The van der Waals surface area contributed by atoms with E-state index in [-0.39, 0.29) is 6.10 Å². The van der Waals surface area contributed by atoms with Crippen LogP contribution >= 0.6 is 0 Å². The van der Waals surface area contributed by atoms with Gasteiger partial charge < -0.3 is 9.84 Å². The molecule has 60 valence electrons. The molecule has 0 aromatic carbocycles. The molecule has 10 heavy (non-hydrogen) atoms. The highest BCUT2D eigenvalue weighted by molar-refractivity contribution is 4.88. The first-order chi connectivity index (χ1) is 4.72. The van der Waals surface area contributed by atoms with E-state index in [9.17, 15) is 5.11 Å². The van der Waals surface area contributed by atoms with Crippen molar-refractivity contribution in [3.05, 3.63) is 12.2 Å². The number of aliphatic hydroxyl groups excluding tert-OH is 1. The van der Waals surface area contributed by atoms with Crippen LogP contribution in [0.1, 0.15) is 20.8 Å². The lowest BCUT2D eigenvalue weighted by Crippen LogP contribution is -2.23. The monoisotopic (exact) mass is 144 g/mol. The summed E-state index contributed by atoms with van der Waals surface area (Å²) in [5.74, 6) is 0. The molecule has 2 unspecified atom stereocenters. The average Bonchev–Trinajstić information content (AvgIpc) is 1.89. The molecule has 0 saturated carbocycles. The van der Waals surface area contributed by atoms with Gasteiger partial charge in [0.05, 0.1) is 12.2 Å². The highest BCUT2D eigenvalue weighted by Gasteiger charge is 2.08. The molecular weight excluding hydrogens is 128 g/mol. The summed E-state index contributed by atoms with van der Waals surface area (Å²) in [6.45, 7) is 6.30. The van der Waals surface area contributed by atoms with Crippen LogP contribution < -0.4 is 0 Å². The van der Waals surface area contributed by atoms with Gasteiger partial charge in [-0.2, -0.15) is 0 Å². The third-order valence-electron chi connectivity index (χ3n) is 1.30. The smallest absolute Gasteiger partial charge is 0.0979 e. The fraction of sp³-hybridized carbons (Fsp3) is 0.750. The predicted molar refractivity (Wildman–Crippen MR) is 41.9 cm³/mol. The first-order valence-electron chi connectivity index (χ1n) is 3.64. The van der Waals surface area contributed by atoms with Gasteiger partial charge in [-0.1, -0.05) is 12.2 Å². The standard InChI is InChI=1S/C8H16O2/c1-4-6-8(9)7(3)10-5-2/h4,6-9H,5H2,1-3H3/b6-4+. The molecule has 0 rings (SSSR count). The largest absolute Gasteiger partial charge is 0.386 e. The van der Waals surface area contributed by atoms with Crippen molar-refractivity contribution in [2.75, 3.05) is 6.61 Å². The normalized spacial score (nSPS) is 17.6. The topological polar surface area (TPSA) is 29.5 Å². The number of hydrogen-bond acceptors (Lipinski definition) is 2. The maximum atomic E-state index is 9.24. The molecule has 0 aromatic heterocycles. The maximum Gasteiger partial charge on any atom is 0.0979 e. The van der Waals surface area contributed by atoms with E-state index in [1.165, 1.54) is 0 Å². The van der Waals surface area contributed by atoms with Crippen molar-refractivity contribution in [3.8, 4) is 0 Å². The third-order valence-corrected chi connectivity index (χ3v) is 1.30. The Hall–Kier alpha value is -0.340. The zero-order valence-electron chi connectivity index (χ0n) is 6.87. The van der Waals surface area contributed by atoms with Crippen molar-refractivity contribution < 1.29 is 9.84 Å². The Kier molecular flexibility index (Phi) is 5.26. The van der Waals surface area contributed by atoms with Gasteiger partial charge in [0.25, 0.3) is 0 Å². The van der Waals surface area contributed by atoms with Crippen LogP contribution in [0.15, 0.2) is 12.2 Å².